The van der Waals surface area contributed by atoms with Crippen molar-refractivity contribution in [1.82, 2.24) is 15.5 Å². The molecular formula is C11H11BrFN3S. The van der Waals surface area contributed by atoms with Crippen LogP contribution in [-0.4, -0.2) is 17.2 Å². The van der Waals surface area contributed by atoms with E-state index in [-0.39, 0.29) is 11.9 Å². The highest BCUT2D eigenvalue weighted by Gasteiger charge is 2.14. The van der Waals surface area contributed by atoms with E-state index in [4.69, 9.17) is 0 Å². The van der Waals surface area contributed by atoms with Crippen LogP contribution in [0.15, 0.2) is 22.7 Å². The third kappa shape index (κ3) is 2.70. The molecule has 0 aliphatic heterocycles. The van der Waals surface area contributed by atoms with Crippen molar-refractivity contribution in [3.63, 3.8) is 0 Å². The number of nitrogens with zero attached hydrogens (tertiary/aromatic N) is 2. The minimum atomic E-state index is -0.292. The molecule has 0 saturated carbocycles. The maximum Gasteiger partial charge on any atom is 0.150 e. The van der Waals surface area contributed by atoms with Gasteiger partial charge in [-0.05, 0) is 32.2 Å². The molecule has 0 fully saturated rings. The summed E-state index contributed by atoms with van der Waals surface area (Å²) in [6.45, 7) is 1.99. The molecule has 1 unspecified atom stereocenters. The van der Waals surface area contributed by atoms with Crippen molar-refractivity contribution in [2.75, 3.05) is 7.05 Å². The summed E-state index contributed by atoms with van der Waals surface area (Å²) in [5, 5.41) is 12.6. The third-order valence-corrected chi connectivity index (χ3v) is 4.04. The minimum absolute atomic E-state index is 0.125. The van der Waals surface area contributed by atoms with E-state index in [9.17, 15) is 4.39 Å². The van der Waals surface area contributed by atoms with Crippen LogP contribution in [-0.2, 0) is 0 Å². The summed E-state index contributed by atoms with van der Waals surface area (Å²) < 4.78 is 14.4. The van der Waals surface area contributed by atoms with Gasteiger partial charge in [0.05, 0.1) is 6.04 Å². The maximum atomic E-state index is 13.7. The van der Waals surface area contributed by atoms with Gasteiger partial charge in [0.1, 0.15) is 10.8 Å². The van der Waals surface area contributed by atoms with Crippen LogP contribution in [0.1, 0.15) is 18.0 Å². The highest BCUT2D eigenvalue weighted by atomic mass is 79.9. The SMILES string of the molecule is CNC(C)c1nnc(-c2ccc(Br)cc2F)s1. The number of nitrogens with one attached hydrogen (secondary N) is 1. The van der Waals surface area contributed by atoms with Crippen LogP contribution in [0.3, 0.4) is 0 Å². The second kappa shape index (κ2) is 5.20. The summed E-state index contributed by atoms with van der Waals surface area (Å²) >= 11 is 4.62. The van der Waals surface area contributed by atoms with E-state index in [0.29, 0.717) is 15.0 Å². The monoisotopic (exact) mass is 315 g/mol. The first kappa shape index (κ1) is 12.6. The summed E-state index contributed by atoms with van der Waals surface area (Å²) in [5.74, 6) is -0.292. The quantitative estimate of drug-likeness (QED) is 0.943. The van der Waals surface area contributed by atoms with Gasteiger partial charge in [0.2, 0.25) is 0 Å². The van der Waals surface area contributed by atoms with Crippen LogP contribution in [0.5, 0.6) is 0 Å². The molecule has 2 rings (SSSR count). The van der Waals surface area contributed by atoms with Crippen molar-refractivity contribution in [3.8, 4) is 10.6 Å². The molecule has 17 heavy (non-hydrogen) atoms. The van der Waals surface area contributed by atoms with E-state index in [1.807, 2.05) is 14.0 Å². The van der Waals surface area contributed by atoms with Crippen molar-refractivity contribution < 1.29 is 4.39 Å². The molecule has 1 aromatic carbocycles. The number of hydrogen-bond acceptors (Lipinski definition) is 4. The number of hydrogen-bond donors (Lipinski definition) is 1. The number of aromatic nitrogens is 2. The topological polar surface area (TPSA) is 37.8 Å². The molecule has 0 spiro atoms. The van der Waals surface area contributed by atoms with Crippen LogP contribution in [0, 0.1) is 5.82 Å². The molecule has 0 aliphatic rings. The third-order valence-electron chi connectivity index (χ3n) is 2.41. The van der Waals surface area contributed by atoms with Gasteiger partial charge in [-0.25, -0.2) is 4.39 Å². The zero-order valence-electron chi connectivity index (χ0n) is 9.37. The summed E-state index contributed by atoms with van der Waals surface area (Å²) in [7, 11) is 1.85. The Labute approximate surface area is 111 Å². The molecule has 1 atom stereocenters. The Hall–Kier alpha value is -0.850. The van der Waals surface area contributed by atoms with Gasteiger partial charge >= 0.3 is 0 Å². The maximum absolute atomic E-state index is 13.7. The van der Waals surface area contributed by atoms with Gasteiger partial charge in [-0.2, -0.15) is 0 Å². The van der Waals surface area contributed by atoms with E-state index >= 15 is 0 Å². The Morgan fingerprint density at radius 3 is 2.82 bits per heavy atom. The lowest BCUT2D eigenvalue weighted by atomic mass is 10.2. The highest BCUT2D eigenvalue weighted by Crippen LogP contribution is 2.29. The van der Waals surface area contributed by atoms with Gasteiger partial charge in [0.15, 0.2) is 5.01 Å². The minimum Gasteiger partial charge on any atom is -0.311 e. The second-order valence-corrected chi connectivity index (χ2v) is 5.50. The zero-order chi connectivity index (χ0) is 12.4. The fourth-order valence-corrected chi connectivity index (χ4v) is 2.57. The molecule has 0 saturated heterocycles. The standard InChI is InChI=1S/C11H11BrFN3S/c1-6(14-2)10-15-16-11(17-10)8-4-3-7(12)5-9(8)13/h3-6,14H,1-2H3. The lowest BCUT2D eigenvalue weighted by Crippen LogP contribution is -2.11. The predicted molar refractivity (Wildman–Crippen MR) is 70.5 cm³/mol. The van der Waals surface area contributed by atoms with Crippen molar-refractivity contribution in [2.24, 2.45) is 0 Å². The first-order chi connectivity index (χ1) is 8.11. The lowest BCUT2D eigenvalue weighted by molar-refractivity contribution is 0.629. The van der Waals surface area contributed by atoms with Gasteiger partial charge in [-0.3, -0.25) is 0 Å². The fourth-order valence-electron chi connectivity index (χ4n) is 1.30. The summed E-state index contributed by atoms with van der Waals surface area (Å²) in [5.41, 5.74) is 0.486. The largest absolute Gasteiger partial charge is 0.311 e. The lowest BCUT2D eigenvalue weighted by Gasteiger charge is -2.03. The van der Waals surface area contributed by atoms with Crippen molar-refractivity contribution in [2.45, 2.75) is 13.0 Å². The molecular weight excluding hydrogens is 305 g/mol. The molecule has 90 valence electrons. The summed E-state index contributed by atoms with van der Waals surface area (Å²) in [6, 6.07) is 5.05. The highest BCUT2D eigenvalue weighted by molar-refractivity contribution is 9.10. The normalized spacial score (nSPS) is 12.7. The van der Waals surface area contributed by atoms with Gasteiger partial charge in [-0.1, -0.05) is 27.3 Å². The van der Waals surface area contributed by atoms with Gasteiger partial charge in [0, 0.05) is 10.0 Å². The Kier molecular flexibility index (Phi) is 3.86. The Morgan fingerprint density at radius 1 is 1.41 bits per heavy atom. The predicted octanol–water partition coefficient (Wildman–Crippen LogP) is 3.39. The van der Waals surface area contributed by atoms with Crippen LogP contribution in [0.2, 0.25) is 0 Å². The molecule has 1 heterocycles. The first-order valence-electron chi connectivity index (χ1n) is 5.08. The van der Waals surface area contributed by atoms with Crippen LogP contribution < -0.4 is 5.32 Å². The molecule has 3 nitrogen and oxygen atoms in total. The molecule has 0 radical (unpaired) electrons. The van der Waals surface area contributed by atoms with Crippen LogP contribution in [0.4, 0.5) is 4.39 Å². The van der Waals surface area contributed by atoms with E-state index in [1.54, 1.807) is 12.1 Å². The number of rotatable bonds is 3. The van der Waals surface area contributed by atoms with Crippen LogP contribution in [0.25, 0.3) is 10.6 Å². The zero-order valence-corrected chi connectivity index (χ0v) is 11.8. The molecule has 0 amide bonds. The van der Waals surface area contributed by atoms with E-state index in [0.717, 1.165) is 5.01 Å². The first-order valence-corrected chi connectivity index (χ1v) is 6.69. The Balaban J connectivity index is 2.37. The van der Waals surface area contributed by atoms with Crippen LogP contribution >= 0.6 is 27.3 Å². The molecule has 0 aliphatic carbocycles. The van der Waals surface area contributed by atoms with Crippen molar-refractivity contribution >= 4 is 27.3 Å². The molecule has 6 heteroatoms. The summed E-state index contributed by atoms with van der Waals surface area (Å²) in [4.78, 5) is 0. The van der Waals surface area contributed by atoms with Crippen molar-refractivity contribution in [3.05, 3.63) is 33.5 Å². The molecule has 0 bridgehead atoms. The average Bonchev–Trinajstić information content (AvgIpc) is 2.77. The van der Waals surface area contributed by atoms with Gasteiger partial charge in [0.25, 0.3) is 0 Å². The van der Waals surface area contributed by atoms with Crippen molar-refractivity contribution in [1.29, 1.82) is 0 Å². The molecule has 1 N–H and O–H groups in total. The average molecular weight is 316 g/mol. The smallest absolute Gasteiger partial charge is 0.150 e. The van der Waals surface area contributed by atoms with E-state index < -0.39 is 0 Å². The molecule has 2 aromatic rings. The van der Waals surface area contributed by atoms with E-state index in [2.05, 4.69) is 31.4 Å². The van der Waals surface area contributed by atoms with Gasteiger partial charge < -0.3 is 5.32 Å². The summed E-state index contributed by atoms with van der Waals surface area (Å²) in [6.07, 6.45) is 0. The Morgan fingerprint density at radius 2 is 2.18 bits per heavy atom. The second-order valence-electron chi connectivity index (χ2n) is 3.58. The Bertz CT molecular complexity index is 529. The fraction of sp³-hybridized carbons (Fsp3) is 0.273. The molecule has 1 aromatic heterocycles. The number of halogens is 2. The number of benzene rings is 1. The van der Waals surface area contributed by atoms with E-state index in [1.165, 1.54) is 17.4 Å². The van der Waals surface area contributed by atoms with Gasteiger partial charge in [-0.15, -0.1) is 10.2 Å².